The van der Waals surface area contributed by atoms with Gasteiger partial charge in [0.05, 0.1) is 23.7 Å². The zero-order valence-electron chi connectivity index (χ0n) is 23.0. The van der Waals surface area contributed by atoms with Crippen LogP contribution in [0, 0.1) is 11.3 Å². The first-order valence-electron chi connectivity index (χ1n) is 13.6. The van der Waals surface area contributed by atoms with E-state index in [2.05, 4.69) is 0 Å². The number of aromatic nitrogens is 1. The Balaban J connectivity index is 1.64. The average molecular weight is 614 g/mol. The number of hydrogen-bond acceptors (Lipinski definition) is 4. The van der Waals surface area contributed by atoms with Gasteiger partial charge in [-0.05, 0) is 57.3 Å². The molecule has 4 aromatic carbocycles. The van der Waals surface area contributed by atoms with E-state index in [1.165, 1.54) is 12.1 Å². The van der Waals surface area contributed by atoms with Crippen molar-refractivity contribution in [2.45, 2.75) is 25.2 Å². The highest BCUT2D eigenvalue weighted by molar-refractivity contribution is 6.32. The number of hydrogen-bond donors (Lipinski definition) is 1. The summed E-state index contributed by atoms with van der Waals surface area (Å²) in [6, 6.07) is 25.4. The van der Waals surface area contributed by atoms with Crippen molar-refractivity contribution in [3.8, 4) is 17.2 Å². The van der Waals surface area contributed by atoms with E-state index in [-0.39, 0.29) is 41.5 Å². The Kier molecular flexibility index (Phi) is 7.39. The molecule has 0 bridgehead atoms. The summed E-state index contributed by atoms with van der Waals surface area (Å²) in [5, 5.41) is 20.9. The smallest absolute Gasteiger partial charge is 0.416 e. The van der Waals surface area contributed by atoms with Gasteiger partial charge in [-0.25, -0.2) is 4.79 Å². The maximum atomic E-state index is 13.9. The number of benzene rings is 4. The first kappa shape index (κ1) is 29.0. The van der Waals surface area contributed by atoms with Crippen molar-refractivity contribution in [1.29, 1.82) is 5.26 Å². The Labute approximate surface area is 254 Å². The predicted octanol–water partition coefficient (Wildman–Crippen LogP) is 7.45. The van der Waals surface area contributed by atoms with Crippen LogP contribution in [0.25, 0.3) is 21.9 Å². The molecule has 0 spiro atoms. The number of fused-ring (bicyclic) bond motifs is 2. The van der Waals surface area contributed by atoms with Crippen molar-refractivity contribution in [1.82, 2.24) is 4.57 Å². The molecule has 1 unspecified atom stereocenters. The number of carboxylic acid groups (broad SMARTS) is 1. The minimum atomic E-state index is -4.64. The van der Waals surface area contributed by atoms with Crippen LogP contribution in [-0.4, -0.2) is 22.2 Å². The summed E-state index contributed by atoms with van der Waals surface area (Å²) in [5.74, 6) is -1.10. The van der Waals surface area contributed by atoms with Crippen LogP contribution in [0.4, 0.5) is 19.0 Å². The van der Waals surface area contributed by atoms with Gasteiger partial charge in [-0.2, -0.15) is 18.4 Å². The summed E-state index contributed by atoms with van der Waals surface area (Å²) in [4.78, 5) is 28.0. The Morgan fingerprint density at radius 2 is 1.70 bits per heavy atom. The lowest BCUT2D eigenvalue weighted by Gasteiger charge is -2.25. The van der Waals surface area contributed by atoms with E-state index in [0.29, 0.717) is 11.1 Å². The summed E-state index contributed by atoms with van der Waals surface area (Å²) in [7, 11) is 0. The molecule has 5 aromatic rings. The third-order valence-corrected chi connectivity index (χ3v) is 8.29. The third-order valence-electron chi connectivity index (χ3n) is 7.90. The Bertz CT molecular complexity index is 2030. The van der Waals surface area contributed by atoms with E-state index in [9.17, 15) is 33.1 Å². The van der Waals surface area contributed by atoms with Gasteiger partial charge in [-0.3, -0.25) is 9.36 Å². The topological polar surface area (TPSA) is 86.3 Å². The van der Waals surface area contributed by atoms with E-state index in [1.807, 2.05) is 48.5 Å². The van der Waals surface area contributed by atoms with Crippen molar-refractivity contribution >= 4 is 34.2 Å². The number of nitrogens with zero attached hydrogens (tertiary/aromatic N) is 3. The fourth-order valence-corrected chi connectivity index (χ4v) is 6.12. The molecule has 10 heteroatoms. The standard InChI is InChI=1S/C34H23ClF3N3O3/c35-30-27(16-23-7-3-6-22-5-1-2-10-26(22)23)29(24-8-4-9-25(15-24)34(36,37)38)31-40(18-21-13-11-20(17-39)12-14-21)19-28(33(43)44)41(31)32(30)42/h1-15,28H,16,18-19H2,(H,43,44). The van der Waals surface area contributed by atoms with Crippen LogP contribution >= 0.6 is 11.6 Å². The molecule has 6 nitrogen and oxygen atoms in total. The van der Waals surface area contributed by atoms with E-state index < -0.39 is 29.3 Å². The van der Waals surface area contributed by atoms with Gasteiger partial charge in [0.25, 0.3) is 5.56 Å². The molecular formula is C34H23ClF3N3O3. The van der Waals surface area contributed by atoms with Gasteiger partial charge in [-0.15, -0.1) is 0 Å². The quantitative estimate of drug-likeness (QED) is 0.215. The molecule has 1 N–H and O–H groups in total. The van der Waals surface area contributed by atoms with Crippen molar-refractivity contribution in [2.24, 2.45) is 0 Å². The lowest BCUT2D eigenvalue weighted by molar-refractivity contribution is -0.140. The fourth-order valence-electron chi connectivity index (χ4n) is 5.86. The molecule has 2 heterocycles. The lowest BCUT2D eigenvalue weighted by atomic mass is 9.92. The number of halogens is 4. The lowest BCUT2D eigenvalue weighted by Crippen LogP contribution is -2.29. The van der Waals surface area contributed by atoms with Crippen molar-refractivity contribution in [3.05, 3.63) is 134 Å². The molecule has 6 rings (SSSR count). The van der Waals surface area contributed by atoms with Gasteiger partial charge >= 0.3 is 12.1 Å². The molecule has 1 aliphatic rings. The number of alkyl halides is 3. The number of anilines is 1. The first-order chi connectivity index (χ1) is 21.1. The van der Waals surface area contributed by atoms with Gasteiger partial charge in [0.1, 0.15) is 10.8 Å². The SMILES string of the molecule is N#Cc1ccc(CN2CC(C(=O)O)n3c2c(-c2cccc(C(F)(F)F)c2)c(Cc2cccc4ccccc24)c(Cl)c3=O)cc1. The van der Waals surface area contributed by atoms with Crippen molar-refractivity contribution in [3.63, 3.8) is 0 Å². The van der Waals surface area contributed by atoms with Gasteiger partial charge < -0.3 is 10.0 Å². The summed E-state index contributed by atoms with van der Waals surface area (Å²) >= 11 is 6.78. The van der Waals surface area contributed by atoms with Gasteiger partial charge in [0.2, 0.25) is 0 Å². The Morgan fingerprint density at radius 3 is 2.41 bits per heavy atom. The molecule has 0 radical (unpaired) electrons. The van der Waals surface area contributed by atoms with Gasteiger partial charge in [-0.1, -0.05) is 78.3 Å². The van der Waals surface area contributed by atoms with Crippen molar-refractivity contribution in [2.75, 3.05) is 11.4 Å². The largest absolute Gasteiger partial charge is 0.480 e. The predicted molar refractivity (Wildman–Crippen MR) is 162 cm³/mol. The Morgan fingerprint density at radius 1 is 1.00 bits per heavy atom. The van der Waals surface area contributed by atoms with Crippen LogP contribution in [0.5, 0.6) is 0 Å². The minimum Gasteiger partial charge on any atom is -0.480 e. The van der Waals surface area contributed by atoms with Gasteiger partial charge in [0, 0.05) is 18.5 Å². The number of pyridine rings is 1. The average Bonchev–Trinajstić information content (AvgIpc) is 3.39. The zero-order valence-corrected chi connectivity index (χ0v) is 23.7. The monoisotopic (exact) mass is 613 g/mol. The third kappa shape index (κ3) is 5.18. The first-order valence-corrected chi connectivity index (χ1v) is 14.0. The zero-order chi connectivity index (χ0) is 31.2. The Hall–Kier alpha value is -5.07. The molecule has 0 saturated carbocycles. The second-order valence-corrected chi connectivity index (χ2v) is 11.0. The molecule has 1 aromatic heterocycles. The van der Waals surface area contributed by atoms with Crippen LogP contribution < -0.4 is 10.5 Å². The molecule has 1 atom stereocenters. The van der Waals surface area contributed by atoms with Crippen molar-refractivity contribution < 1.29 is 23.1 Å². The maximum absolute atomic E-state index is 13.9. The number of nitriles is 1. The molecule has 0 fully saturated rings. The highest BCUT2D eigenvalue weighted by Gasteiger charge is 2.39. The summed E-state index contributed by atoms with van der Waals surface area (Å²) < 4.78 is 42.9. The summed E-state index contributed by atoms with van der Waals surface area (Å²) in [6.45, 7) is 0.0147. The maximum Gasteiger partial charge on any atom is 0.416 e. The highest BCUT2D eigenvalue weighted by atomic mass is 35.5. The molecule has 1 aliphatic heterocycles. The molecule has 44 heavy (non-hydrogen) atoms. The fraction of sp³-hybridized carbons (Fsp3) is 0.147. The highest BCUT2D eigenvalue weighted by Crippen LogP contribution is 2.44. The van der Waals surface area contributed by atoms with Crippen LogP contribution in [-0.2, 0) is 23.9 Å². The number of rotatable bonds is 6. The number of carbonyl (C=O) groups is 1. The van der Waals surface area contributed by atoms with E-state index >= 15 is 0 Å². The van der Waals surface area contributed by atoms with Gasteiger partial charge in [0.15, 0.2) is 6.04 Å². The van der Waals surface area contributed by atoms with Crippen LogP contribution in [0.3, 0.4) is 0 Å². The van der Waals surface area contributed by atoms with E-state index in [0.717, 1.165) is 38.6 Å². The van der Waals surface area contributed by atoms with Crippen LogP contribution in [0.15, 0.2) is 95.8 Å². The number of carboxylic acids is 1. The molecule has 220 valence electrons. The second-order valence-electron chi connectivity index (χ2n) is 10.6. The second kappa shape index (κ2) is 11.2. The number of aliphatic carboxylic acids is 1. The molecule has 0 aliphatic carbocycles. The van der Waals surface area contributed by atoms with E-state index in [4.69, 9.17) is 11.6 Å². The minimum absolute atomic E-state index is 0.108. The summed E-state index contributed by atoms with van der Waals surface area (Å²) in [6.07, 6.45) is -4.53. The van der Waals surface area contributed by atoms with Crippen LogP contribution in [0.2, 0.25) is 5.02 Å². The molecule has 0 amide bonds. The molecular weight excluding hydrogens is 591 g/mol. The summed E-state index contributed by atoms with van der Waals surface area (Å²) in [5.41, 5.74) is 1.03. The van der Waals surface area contributed by atoms with Crippen LogP contribution in [0.1, 0.15) is 33.9 Å². The van der Waals surface area contributed by atoms with E-state index in [1.54, 1.807) is 29.2 Å². The normalized spacial score (nSPS) is 14.4. The molecule has 0 saturated heterocycles.